The first-order valence-corrected chi connectivity index (χ1v) is 11.6. The van der Waals surface area contributed by atoms with Crippen molar-refractivity contribution < 1.29 is 9.59 Å². The molecule has 2 aliphatic heterocycles. The summed E-state index contributed by atoms with van der Waals surface area (Å²) in [5.41, 5.74) is 2.70. The number of rotatable bonds is 6. The van der Waals surface area contributed by atoms with E-state index in [1.54, 1.807) is 0 Å². The van der Waals surface area contributed by atoms with E-state index < -0.39 is 0 Å². The van der Waals surface area contributed by atoms with Gasteiger partial charge in [0.15, 0.2) is 5.65 Å². The first-order chi connectivity index (χ1) is 15.0. The lowest BCUT2D eigenvalue weighted by atomic mass is 10.1. The van der Waals surface area contributed by atoms with Gasteiger partial charge in [-0.15, -0.1) is 0 Å². The predicted molar refractivity (Wildman–Crippen MR) is 118 cm³/mol. The first-order valence-electron chi connectivity index (χ1n) is 11.6. The summed E-state index contributed by atoms with van der Waals surface area (Å²) in [5.74, 6) is 0.512. The molecule has 31 heavy (non-hydrogen) atoms. The zero-order valence-electron chi connectivity index (χ0n) is 18.7. The Balaban J connectivity index is 1.49. The van der Waals surface area contributed by atoms with E-state index in [9.17, 15) is 14.4 Å². The van der Waals surface area contributed by atoms with Gasteiger partial charge >= 0.3 is 0 Å². The Morgan fingerprint density at radius 1 is 1.10 bits per heavy atom. The molecule has 0 bridgehead atoms. The fourth-order valence-corrected chi connectivity index (χ4v) is 4.83. The third-order valence-corrected chi connectivity index (χ3v) is 6.68. The molecule has 0 aromatic carbocycles. The van der Waals surface area contributed by atoms with E-state index >= 15 is 0 Å². The minimum absolute atomic E-state index is 0.124. The summed E-state index contributed by atoms with van der Waals surface area (Å²) in [7, 11) is 0. The number of aromatic amines is 1. The molecule has 2 fully saturated rings. The van der Waals surface area contributed by atoms with Crippen molar-refractivity contribution in [2.45, 2.75) is 71.1 Å². The van der Waals surface area contributed by atoms with E-state index in [1.165, 1.54) is 10.9 Å². The zero-order valence-corrected chi connectivity index (χ0v) is 18.7. The fraction of sp³-hybridized carbons (Fsp3) is 0.652. The topological polar surface area (TPSA) is 90.8 Å². The second kappa shape index (κ2) is 9.24. The van der Waals surface area contributed by atoms with Crippen LogP contribution < -0.4 is 5.56 Å². The van der Waals surface area contributed by atoms with Crippen molar-refractivity contribution in [1.29, 1.82) is 0 Å². The molecule has 2 aromatic heterocycles. The number of likely N-dealkylation sites (tertiary alicyclic amines) is 2. The van der Waals surface area contributed by atoms with Crippen LogP contribution in [0.4, 0.5) is 0 Å². The zero-order chi connectivity index (χ0) is 22.0. The molecule has 8 heteroatoms. The van der Waals surface area contributed by atoms with Crippen LogP contribution in [0.1, 0.15) is 74.7 Å². The van der Waals surface area contributed by atoms with E-state index in [1.807, 2.05) is 29.7 Å². The molecule has 2 amide bonds. The number of piperidine rings is 1. The molecule has 8 nitrogen and oxygen atoms in total. The number of aryl methyl sites for hydroxylation is 1. The quantitative estimate of drug-likeness (QED) is 0.766. The average Bonchev–Trinajstić information content (AvgIpc) is 3.41. The van der Waals surface area contributed by atoms with Gasteiger partial charge in [-0.3, -0.25) is 19.5 Å². The molecular weight excluding hydrogens is 394 g/mol. The third kappa shape index (κ3) is 4.52. The number of amides is 2. The number of hydrogen-bond donors (Lipinski definition) is 1. The van der Waals surface area contributed by atoms with E-state index in [4.69, 9.17) is 0 Å². The summed E-state index contributed by atoms with van der Waals surface area (Å²) < 4.78 is 1.50. The second-order valence-electron chi connectivity index (χ2n) is 8.90. The van der Waals surface area contributed by atoms with E-state index in [0.29, 0.717) is 42.7 Å². The SMILES string of the molecule is CCCC(=O)N1CCC(c2cc3nc(C)c(CCC(=O)N4CCCCC4)c(=O)n3[nH]2)C1. The molecule has 168 valence electrons. The molecule has 4 heterocycles. The maximum absolute atomic E-state index is 13.1. The van der Waals surface area contributed by atoms with Gasteiger partial charge in [-0.25, -0.2) is 9.50 Å². The van der Waals surface area contributed by atoms with E-state index in [-0.39, 0.29) is 23.3 Å². The van der Waals surface area contributed by atoms with E-state index in [2.05, 4.69) is 10.1 Å². The minimum Gasteiger partial charge on any atom is -0.343 e. The highest BCUT2D eigenvalue weighted by Gasteiger charge is 2.28. The Labute approximate surface area is 182 Å². The van der Waals surface area contributed by atoms with Gasteiger partial charge < -0.3 is 9.80 Å². The van der Waals surface area contributed by atoms with Gasteiger partial charge in [-0.1, -0.05) is 6.92 Å². The number of carbonyl (C=O) groups excluding carboxylic acids is 2. The second-order valence-corrected chi connectivity index (χ2v) is 8.90. The van der Waals surface area contributed by atoms with Gasteiger partial charge in [0.05, 0.1) is 0 Å². The first kappa shape index (κ1) is 21.6. The Kier molecular flexibility index (Phi) is 6.43. The van der Waals surface area contributed by atoms with Crippen molar-refractivity contribution in [3.05, 3.63) is 33.4 Å². The number of nitrogens with zero attached hydrogens (tertiary/aromatic N) is 4. The molecule has 4 rings (SSSR count). The van der Waals surface area contributed by atoms with Gasteiger partial charge in [0.25, 0.3) is 5.56 Å². The van der Waals surface area contributed by atoms with Crippen LogP contribution in [0.25, 0.3) is 5.65 Å². The molecule has 1 N–H and O–H groups in total. The summed E-state index contributed by atoms with van der Waals surface area (Å²) in [5, 5.41) is 3.22. The van der Waals surface area contributed by atoms with Crippen molar-refractivity contribution in [3.8, 4) is 0 Å². The molecule has 1 unspecified atom stereocenters. The van der Waals surface area contributed by atoms with Gasteiger partial charge in [0.2, 0.25) is 11.8 Å². The lowest BCUT2D eigenvalue weighted by molar-refractivity contribution is -0.132. The number of H-pyrrole nitrogens is 1. The molecule has 0 spiro atoms. The molecule has 2 aromatic rings. The normalized spacial score (nSPS) is 19.4. The molecule has 0 saturated carbocycles. The fourth-order valence-electron chi connectivity index (χ4n) is 4.83. The maximum atomic E-state index is 13.1. The van der Waals surface area contributed by atoms with Crippen LogP contribution in [0.5, 0.6) is 0 Å². The van der Waals surface area contributed by atoms with Crippen LogP contribution in [0.15, 0.2) is 10.9 Å². The van der Waals surface area contributed by atoms with Crippen molar-refractivity contribution in [1.82, 2.24) is 24.4 Å². The highest BCUT2D eigenvalue weighted by molar-refractivity contribution is 5.77. The van der Waals surface area contributed by atoms with Crippen LogP contribution in [0.3, 0.4) is 0 Å². The summed E-state index contributed by atoms with van der Waals surface area (Å²) in [6.07, 6.45) is 6.39. The Morgan fingerprint density at radius 2 is 1.84 bits per heavy atom. The highest BCUT2D eigenvalue weighted by Crippen LogP contribution is 2.27. The average molecular weight is 428 g/mol. The molecule has 0 aliphatic carbocycles. The van der Waals surface area contributed by atoms with Gasteiger partial charge in [0, 0.05) is 68.0 Å². The van der Waals surface area contributed by atoms with Crippen LogP contribution >= 0.6 is 0 Å². The Bertz CT molecular complexity index is 1020. The summed E-state index contributed by atoms with van der Waals surface area (Å²) in [6.45, 7) is 6.94. The highest BCUT2D eigenvalue weighted by atomic mass is 16.2. The Morgan fingerprint density at radius 3 is 2.58 bits per heavy atom. The van der Waals surface area contributed by atoms with Crippen LogP contribution in [0.2, 0.25) is 0 Å². The number of fused-ring (bicyclic) bond motifs is 1. The molecule has 0 radical (unpaired) electrons. The molecule has 2 aliphatic rings. The van der Waals surface area contributed by atoms with Crippen molar-refractivity contribution >= 4 is 17.5 Å². The van der Waals surface area contributed by atoms with Crippen LogP contribution in [-0.4, -0.2) is 62.4 Å². The van der Waals surface area contributed by atoms with Crippen molar-refractivity contribution in [2.24, 2.45) is 0 Å². The summed E-state index contributed by atoms with van der Waals surface area (Å²) in [6, 6.07) is 1.93. The van der Waals surface area contributed by atoms with Crippen molar-refractivity contribution in [3.63, 3.8) is 0 Å². The number of aromatic nitrogens is 3. The summed E-state index contributed by atoms with van der Waals surface area (Å²) in [4.78, 5) is 46.3. The standard InChI is InChI=1S/C23H33N5O3/c1-3-7-21(29)27-13-10-17(15-27)19-14-20-24-16(2)18(23(31)28(20)25-19)8-9-22(30)26-11-5-4-6-12-26/h14,17,25H,3-13,15H2,1-2H3. The number of nitrogens with one attached hydrogen (secondary N) is 1. The maximum Gasteiger partial charge on any atom is 0.276 e. The van der Waals surface area contributed by atoms with Crippen LogP contribution in [0, 0.1) is 6.92 Å². The molecule has 2 saturated heterocycles. The van der Waals surface area contributed by atoms with Gasteiger partial charge in [0.1, 0.15) is 0 Å². The number of hydrogen-bond acceptors (Lipinski definition) is 4. The largest absolute Gasteiger partial charge is 0.343 e. The van der Waals surface area contributed by atoms with E-state index in [0.717, 1.165) is 51.0 Å². The molecular formula is C23H33N5O3. The van der Waals surface area contributed by atoms with Gasteiger partial charge in [-0.2, -0.15) is 0 Å². The predicted octanol–water partition coefficient (Wildman–Crippen LogP) is 2.39. The summed E-state index contributed by atoms with van der Waals surface area (Å²) >= 11 is 0. The molecule has 1 atom stereocenters. The third-order valence-electron chi connectivity index (χ3n) is 6.68. The Hall–Kier alpha value is -2.64. The smallest absolute Gasteiger partial charge is 0.276 e. The lowest BCUT2D eigenvalue weighted by Gasteiger charge is -2.26. The minimum atomic E-state index is -0.128. The van der Waals surface area contributed by atoms with Crippen LogP contribution in [-0.2, 0) is 16.0 Å². The monoisotopic (exact) mass is 427 g/mol. The number of carbonyl (C=O) groups is 2. The van der Waals surface area contributed by atoms with Gasteiger partial charge in [-0.05, 0) is 45.4 Å². The lowest BCUT2D eigenvalue weighted by Crippen LogP contribution is -2.36. The van der Waals surface area contributed by atoms with Crippen molar-refractivity contribution in [2.75, 3.05) is 26.2 Å².